The van der Waals surface area contributed by atoms with Crippen LogP contribution in [0.15, 0.2) is 67.1 Å². The number of nitrogens with one attached hydrogen (secondary N) is 1. The Labute approximate surface area is 197 Å². The van der Waals surface area contributed by atoms with Crippen molar-refractivity contribution in [2.45, 2.75) is 26.9 Å². The lowest BCUT2D eigenvalue weighted by Gasteiger charge is -2.27. The largest absolute Gasteiger partial charge is 0.488 e. The van der Waals surface area contributed by atoms with E-state index in [2.05, 4.69) is 16.0 Å². The van der Waals surface area contributed by atoms with Crippen molar-refractivity contribution in [2.24, 2.45) is 0 Å². The zero-order valence-electron chi connectivity index (χ0n) is 19.3. The highest BCUT2D eigenvalue weighted by molar-refractivity contribution is 5.96. The number of fused-ring (bicyclic) bond motifs is 1. The molecule has 0 bridgehead atoms. The highest BCUT2D eigenvalue weighted by atomic mass is 19.1. The number of hydrogen-bond acceptors (Lipinski definition) is 3. The van der Waals surface area contributed by atoms with Gasteiger partial charge in [-0.1, -0.05) is 12.1 Å². The van der Waals surface area contributed by atoms with Crippen LogP contribution in [0.4, 0.5) is 4.39 Å². The molecule has 4 aromatic rings. The summed E-state index contributed by atoms with van der Waals surface area (Å²) in [5.74, 6) is 0.563. The highest BCUT2D eigenvalue weighted by Gasteiger charge is 2.22. The predicted octanol–water partition coefficient (Wildman–Crippen LogP) is 5.83. The second-order valence-corrected chi connectivity index (χ2v) is 8.71. The normalized spacial score (nSPS) is 13.7. The molecule has 1 N–H and O–H groups in total. The highest BCUT2D eigenvalue weighted by Crippen LogP contribution is 2.31. The topological polar surface area (TPSA) is 58.2 Å². The molecular formula is C28H26FN3O2. The molecule has 2 aromatic carbocycles. The second kappa shape index (κ2) is 9.14. The van der Waals surface area contributed by atoms with Gasteiger partial charge in [-0.3, -0.25) is 9.78 Å². The third kappa shape index (κ3) is 4.31. The molecule has 0 spiro atoms. The van der Waals surface area contributed by atoms with Crippen LogP contribution in [-0.4, -0.2) is 33.9 Å². The second-order valence-electron chi connectivity index (χ2n) is 8.71. The van der Waals surface area contributed by atoms with Crippen molar-refractivity contribution in [3.8, 4) is 5.75 Å². The first kappa shape index (κ1) is 21.9. The van der Waals surface area contributed by atoms with E-state index in [-0.39, 0.29) is 11.7 Å². The SMILES string of the molecule is Cc1cc(C(=O)N2CC=C(c3c[nH]c4cc(F)ccc34)CC2)cc(C)c1OCc1cccnc1. The molecule has 5 nitrogen and oxygen atoms in total. The van der Waals surface area contributed by atoms with Gasteiger partial charge in [-0.25, -0.2) is 4.39 Å². The summed E-state index contributed by atoms with van der Waals surface area (Å²) < 4.78 is 19.5. The van der Waals surface area contributed by atoms with Gasteiger partial charge in [-0.2, -0.15) is 0 Å². The number of amides is 1. The van der Waals surface area contributed by atoms with E-state index < -0.39 is 0 Å². The summed E-state index contributed by atoms with van der Waals surface area (Å²) in [6.07, 6.45) is 8.29. The minimum atomic E-state index is -0.255. The number of H-pyrrole nitrogens is 1. The van der Waals surface area contributed by atoms with Crippen LogP contribution in [-0.2, 0) is 6.61 Å². The van der Waals surface area contributed by atoms with E-state index in [1.807, 2.05) is 49.2 Å². The molecule has 0 saturated heterocycles. The van der Waals surface area contributed by atoms with Gasteiger partial charge in [0, 0.05) is 59.3 Å². The summed E-state index contributed by atoms with van der Waals surface area (Å²) in [6.45, 7) is 5.55. The van der Waals surface area contributed by atoms with Crippen molar-refractivity contribution < 1.29 is 13.9 Å². The Morgan fingerprint density at radius 1 is 1.18 bits per heavy atom. The quantitative estimate of drug-likeness (QED) is 0.412. The van der Waals surface area contributed by atoms with Crippen molar-refractivity contribution >= 4 is 22.4 Å². The third-order valence-corrected chi connectivity index (χ3v) is 6.30. The molecule has 172 valence electrons. The Morgan fingerprint density at radius 2 is 2.00 bits per heavy atom. The predicted molar refractivity (Wildman–Crippen MR) is 131 cm³/mol. The van der Waals surface area contributed by atoms with Crippen molar-refractivity contribution in [1.29, 1.82) is 0 Å². The summed E-state index contributed by atoms with van der Waals surface area (Å²) in [5.41, 5.74) is 6.57. The molecule has 0 unspecified atom stereocenters. The number of pyridine rings is 1. The summed E-state index contributed by atoms with van der Waals surface area (Å²) in [4.78, 5) is 22.4. The fourth-order valence-electron chi connectivity index (χ4n) is 4.59. The van der Waals surface area contributed by atoms with Crippen LogP contribution in [0.25, 0.3) is 16.5 Å². The zero-order valence-corrected chi connectivity index (χ0v) is 19.3. The number of halogens is 1. The van der Waals surface area contributed by atoms with Gasteiger partial charge in [-0.15, -0.1) is 0 Å². The van der Waals surface area contributed by atoms with Crippen molar-refractivity contribution in [3.63, 3.8) is 0 Å². The van der Waals surface area contributed by atoms with Crippen LogP contribution in [0.3, 0.4) is 0 Å². The van der Waals surface area contributed by atoms with E-state index in [1.54, 1.807) is 18.5 Å². The number of aromatic amines is 1. The molecule has 6 heteroatoms. The Hall–Kier alpha value is -3.93. The number of hydrogen-bond donors (Lipinski definition) is 1. The first-order chi connectivity index (χ1) is 16.5. The minimum absolute atomic E-state index is 0.0151. The summed E-state index contributed by atoms with van der Waals surface area (Å²) in [6, 6.07) is 12.5. The molecule has 1 aliphatic rings. The number of aromatic nitrogens is 2. The summed E-state index contributed by atoms with van der Waals surface area (Å²) in [7, 11) is 0. The molecule has 0 aliphatic carbocycles. The fraction of sp³-hybridized carbons (Fsp3) is 0.214. The molecular weight excluding hydrogens is 429 g/mol. The third-order valence-electron chi connectivity index (χ3n) is 6.30. The first-order valence-corrected chi connectivity index (χ1v) is 11.4. The molecule has 34 heavy (non-hydrogen) atoms. The van der Waals surface area contributed by atoms with E-state index in [4.69, 9.17) is 4.74 Å². The van der Waals surface area contributed by atoms with Gasteiger partial charge in [0.2, 0.25) is 0 Å². The number of aryl methyl sites for hydroxylation is 2. The summed E-state index contributed by atoms with van der Waals surface area (Å²) >= 11 is 0. The van der Waals surface area contributed by atoms with Gasteiger partial charge >= 0.3 is 0 Å². The van der Waals surface area contributed by atoms with Gasteiger partial charge in [0.1, 0.15) is 18.2 Å². The zero-order chi connectivity index (χ0) is 23.7. The number of rotatable bonds is 5. The minimum Gasteiger partial charge on any atom is -0.488 e. The van der Waals surface area contributed by atoms with Gasteiger partial charge in [0.15, 0.2) is 0 Å². The molecule has 5 rings (SSSR count). The molecule has 0 fully saturated rings. The number of carbonyl (C=O) groups is 1. The average Bonchev–Trinajstić information content (AvgIpc) is 3.26. The van der Waals surface area contributed by atoms with Crippen LogP contribution >= 0.6 is 0 Å². The van der Waals surface area contributed by atoms with Crippen LogP contribution in [0.5, 0.6) is 5.75 Å². The average molecular weight is 456 g/mol. The smallest absolute Gasteiger partial charge is 0.254 e. The maximum Gasteiger partial charge on any atom is 0.254 e. The maximum absolute atomic E-state index is 13.5. The number of carbonyl (C=O) groups excluding carboxylic acids is 1. The van der Waals surface area contributed by atoms with Gasteiger partial charge < -0.3 is 14.6 Å². The van der Waals surface area contributed by atoms with Gasteiger partial charge in [0.05, 0.1) is 0 Å². The lowest BCUT2D eigenvalue weighted by atomic mass is 9.98. The van der Waals surface area contributed by atoms with E-state index >= 15 is 0 Å². The van der Waals surface area contributed by atoms with E-state index in [0.717, 1.165) is 45.3 Å². The van der Waals surface area contributed by atoms with E-state index in [1.165, 1.54) is 17.7 Å². The van der Waals surface area contributed by atoms with Crippen molar-refractivity contribution in [2.75, 3.05) is 13.1 Å². The Kier molecular flexibility index (Phi) is 5.88. The van der Waals surface area contributed by atoms with E-state index in [9.17, 15) is 9.18 Å². The lowest BCUT2D eigenvalue weighted by molar-refractivity contribution is 0.0772. The molecule has 0 saturated carbocycles. The molecule has 0 radical (unpaired) electrons. The van der Waals surface area contributed by atoms with Crippen molar-refractivity contribution in [3.05, 3.63) is 101 Å². The number of benzene rings is 2. The van der Waals surface area contributed by atoms with E-state index in [0.29, 0.717) is 25.3 Å². The molecule has 2 aromatic heterocycles. The standard InChI is InChI=1S/C28H26FN3O2/c1-18-12-22(13-19(2)27(18)34-17-20-4-3-9-30-15-20)28(33)32-10-7-21(8-11-32)25-16-31-26-14-23(29)5-6-24(25)26/h3-7,9,12-16,31H,8,10-11,17H2,1-2H3. The van der Waals surface area contributed by atoms with Gasteiger partial charge in [-0.05, 0) is 73.4 Å². The Bertz CT molecular complexity index is 1370. The Balaban J connectivity index is 1.29. The number of ether oxygens (including phenoxy) is 1. The first-order valence-electron chi connectivity index (χ1n) is 11.4. The van der Waals surface area contributed by atoms with Crippen LogP contribution < -0.4 is 4.74 Å². The molecule has 3 heterocycles. The Morgan fingerprint density at radius 3 is 2.71 bits per heavy atom. The lowest BCUT2D eigenvalue weighted by Crippen LogP contribution is -2.34. The number of nitrogens with zero attached hydrogens (tertiary/aromatic N) is 2. The maximum atomic E-state index is 13.5. The molecule has 1 amide bonds. The molecule has 1 aliphatic heterocycles. The monoisotopic (exact) mass is 455 g/mol. The van der Waals surface area contributed by atoms with Crippen molar-refractivity contribution in [1.82, 2.24) is 14.9 Å². The fourth-order valence-corrected chi connectivity index (χ4v) is 4.59. The van der Waals surface area contributed by atoms with Crippen LogP contribution in [0.2, 0.25) is 0 Å². The summed E-state index contributed by atoms with van der Waals surface area (Å²) in [5, 5.41) is 1.00. The van der Waals surface area contributed by atoms with Crippen LogP contribution in [0, 0.1) is 19.7 Å². The molecule has 0 atom stereocenters. The van der Waals surface area contributed by atoms with Crippen LogP contribution in [0.1, 0.15) is 39.0 Å². The van der Waals surface area contributed by atoms with Gasteiger partial charge in [0.25, 0.3) is 5.91 Å².